The second-order valence-electron chi connectivity index (χ2n) is 4.25. The molecule has 0 saturated carbocycles. The topological polar surface area (TPSA) is 57.7 Å². The molecule has 0 fully saturated rings. The van der Waals surface area contributed by atoms with Gasteiger partial charge in [0.15, 0.2) is 0 Å². The third-order valence-electron chi connectivity index (χ3n) is 2.92. The SMILES string of the molecule is CCOC(=O)c1ccnc(-c2cc(OC)cc(OC)c2)c1. The first-order valence-corrected chi connectivity index (χ1v) is 6.54. The summed E-state index contributed by atoms with van der Waals surface area (Å²) in [5.41, 5.74) is 1.92. The summed E-state index contributed by atoms with van der Waals surface area (Å²) in [4.78, 5) is 16.1. The molecule has 0 aliphatic rings. The Hall–Kier alpha value is -2.56. The second-order valence-corrected chi connectivity index (χ2v) is 4.25. The predicted molar refractivity (Wildman–Crippen MR) is 78.7 cm³/mol. The highest BCUT2D eigenvalue weighted by molar-refractivity contribution is 5.90. The van der Waals surface area contributed by atoms with Crippen LogP contribution in [0.5, 0.6) is 11.5 Å². The largest absolute Gasteiger partial charge is 0.497 e. The molecule has 110 valence electrons. The standard InChI is InChI=1S/C16H17NO4/c1-4-21-16(18)11-5-6-17-15(9-11)12-7-13(19-2)10-14(8-12)20-3/h5-10H,4H2,1-3H3. The lowest BCUT2D eigenvalue weighted by atomic mass is 10.1. The Labute approximate surface area is 123 Å². The minimum absolute atomic E-state index is 0.337. The van der Waals surface area contributed by atoms with Gasteiger partial charge < -0.3 is 14.2 Å². The average Bonchev–Trinajstić information content (AvgIpc) is 2.54. The molecule has 0 saturated heterocycles. The third-order valence-corrected chi connectivity index (χ3v) is 2.92. The zero-order valence-corrected chi connectivity index (χ0v) is 12.3. The normalized spacial score (nSPS) is 10.0. The number of hydrogen-bond donors (Lipinski definition) is 0. The van der Waals surface area contributed by atoms with Crippen molar-refractivity contribution in [3.8, 4) is 22.8 Å². The first-order valence-electron chi connectivity index (χ1n) is 6.54. The average molecular weight is 287 g/mol. The van der Waals surface area contributed by atoms with Crippen molar-refractivity contribution in [2.45, 2.75) is 6.92 Å². The molecule has 0 radical (unpaired) electrons. The fourth-order valence-electron chi connectivity index (χ4n) is 1.89. The zero-order chi connectivity index (χ0) is 15.2. The summed E-state index contributed by atoms with van der Waals surface area (Å²) in [5, 5.41) is 0. The number of carbonyl (C=O) groups excluding carboxylic acids is 1. The molecular formula is C16H17NO4. The zero-order valence-electron chi connectivity index (χ0n) is 12.3. The van der Waals surface area contributed by atoms with Gasteiger partial charge in [-0.15, -0.1) is 0 Å². The number of nitrogens with zero attached hydrogens (tertiary/aromatic N) is 1. The van der Waals surface area contributed by atoms with Crippen LogP contribution in [0.4, 0.5) is 0 Å². The number of pyridine rings is 1. The van der Waals surface area contributed by atoms with Gasteiger partial charge in [-0.25, -0.2) is 4.79 Å². The quantitative estimate of drug-likeness (QED) is 0.791. The predicted octanol–water partition coefficient (Wildman–Crippen LogP) is 2.94. The molecular weight excluding hydrogens is 270 g/mol. The van der Waals surface area contributed by atoms with E-state index in [1.165, 1.54) is 0 Å². The molecule has 5 heteroatoms. The first kappa shape index (κ1) is 14.8. The molecule has 5 nitrogen and oxygen atoms in total. The summed E-state index contributed by atoms with van der Waals surface area (Å²) in [6.45, 7) is 2.11. The molecule has 0 aliphatic carbocycles. The fourth-order valence-corrected chi connectivity index (χ4v) is 1.89. The maximum absolute atomic E-state index is 11.8. The summed E-state index contributed by atoms with van der Waals surface area (Å²) >= 11 is 0. The van der Waals surface area contributed by atoms with Crippen molar-refractivity contribution in [3.05, 3.63) is 42.1 Å². The van der Waals surface area contributed by atoms with Gasteiger partial charge in [0.2, 0.25) is 0 Å². The van der Waals surface area contributed by atoms with Crippen molar-refractivity contribution in [1.82, 2.24) is 4.98 Å². The number of esters is 1. The van der Waals surface area contributed by atoms with Gasteiger partial charge in [-0.2, -0.15) is 0 Å². The molecule has 0 spiro atoms. The van der Waals surface area contributed by atoms with Crippen molar-refractivity contribution < 1.29 is 19.0 Å². The van der Waals surface area contributed by atoms with Gasteiger partial charge in [-0.3, -0.25) is 4.98 Å². The second kappa shape index (κ2) is 6.74. The fraction of sp³-hybridized carbons (Fsp3) is 0.250. The lowest BCUT2D eigenvalue weighted by Gasteiger charge is -2.09. The van der Waals surface area contributed by atoms with E-state index in [0.717, 1.165) is 5.56 Å². The van der Waals surface area contributed by atoms with E-state index in [0.29, 0.717) is 29.4 Å². The Bertz CT molecular complexity index is 618. The highest BCUT2D eigenvalue weighted by Gasteiger charge is 2.10. The first-order chi connectivity index (χ1) is 10.2. The molecule has 0 N–H and O–H groups in total. The Kier molecular flexibility index (Phi) is 4.77. The van der Waals surface area contributed by atoms with Gasteiger partial charge in [0.05, 0.1) is 32.1 Å². The van der Waals surface area contributed by atoms with Crippen LogP contribution in [0, 0.1) is 0 Å². The van der Waals surface area contributed by atoms with Crippen LogP contribution in [-0.2, 0) is 4.74 Å². The van der Waals surface area contributed by atoms with Crippen LogP contribution in [0.2, 0.25) is 0 Å². The summed E-state index contributed by atoms with van der Waals surface area (Å²) in [7, 11) is 3.17. The van der Waals surface area contributed by atoms with Crippen molar-refractivity contribution in [2.24, 2.45) is 0 Å². The smallest absolute Gasteiger partial charge is 0.338 e. The number of benzene rings is 1. The van der Waals surface area contributed by atoms with Crippen LogP contribution in [0.25, 0.3) is 11.3 Å². The third kappa shape index (κ3) is 3.51. The lowest BCUT2D eigenvalue weighted by molar-refractivity contribution is 0.0526. The molecule has 0 bridgehead atoms. The Morgan fingerprint density at radius 3 is 2.33 bits per heavy atom. The van der Waals surface area contributed by atoms with E-state index in [-0.39, 0.29) is 5.97 Å². The summed E-state index contributed by atoms with van der Waals surface area (Å²) < 4.78 is 15.5. The van der Waals surface area contributed by atoms with Crippen LogP contribution in [0.3, 0.4) is 0 Å². The monoisotopic (exact) mass is 287 g/mol. The highest BCUT2D eigenvalue weighted by Crippen LogP contribution is 2.29. The van der Waals surface area contributed by atoms with Gasteiger partial charge in [-0.05, 0) is 31.2 Å². The van der Waals surface area contributed by atoms with Gasteiger partial charge >= 0.3 is 5.97 Å². The molecule has 1 heterocycles. The van der Waals surface area contributed by atoms with E-state index in [9.17, 15) is 4.79 Å². The number of carbonyl (C=O) groups is 1. The van der Waals surface area contributed by atoms with Crippen molar-refractivity contribution >= 4 is 5.97 Å². The van der Waals surface area contributed by atoms with Crippen LogP contribution < -0.4 is 9.47 Å². The van der Waals surface area contributed by atoms with Crippen LogP contribution >= 0.6 is 0 Å². The van der Waals surface area contributed by atoms with Crippen LogP contribution in [0.1, 0.15) is 17.3 Å². The molecule has 0 amide bonds. The van der Waals surface area contributed by atoms with E-state index in [1.54, 1.807) is 45.5 Å². The van der Waals surface area contributed by atoms with Crippen LogP contribution in [-0.4, -0.2) is 31.8 Å². The van der Waals surface area contributed by atoms with E-state index in [2.05, 4.69) is 4.98 Å². The minimum Gasteiger partial charge on any atom is -0.497 e. The Morgan fingerprint density at radius 1 is 1.10 bits per heavy atom. The number of hydrogen-bond acceptors (Lipinski definition) is 5. The van der Waals surface area contributed by atoms with E-state index < -0.39 is 0 Å². The molecule has 1 aromatic carbocycles. The van der Waals surface area contributed by atoms with Crippen molar-refractivity contribution in [3.63, 3.8) is 0 Å². The molecule has 0 atom stereocenters. The Balaban J connectivity index is 2.42. The van der Waals surface area contributed by atoms with E-state index in [1.807, 2.05) is 12.1 Å². The Morgan fingerprint density at radius 2 is 1.76 bits per heavy atom. The van der Waals surface area contributed by atoms with Gasteiger partial charge in [-0.1, -0.05) is 0 Å². The van der Waals surface area contributed by atoms with Gasteiger partial charge in [0.25, 0.3) is 0 Å². The highest BCUT2D eigenvalue weighted by atomic mass is 16.5. The molecule has 1 aromatic heterocycles. The maximum atomic E-state index is 11.8. The van der Waals surface area contributed by atoms with E-state index in [4.69, 9.17) is 14.2 Å². The number of rotatable bonds is 5. The summed E-state index contributed by atoms with van der Waals surface area (Å²) in [5.74, 6) is 0.955. The molecule has 0 unspecified atom stereocenters. The number of methoxy groups -OCH3 is 2. The molecule has 2 aromatic rings. The van der Waals surface area contributed by atoms with Crippen molar-refractivity contribution in [2.75, 3.05) is 20.8 Å². The van der Waals surface area contributed by atoms with Crippen LogP contribution in [0.15, 0.2) is 36.5 Å². The lowest BCUT2D eigenvalue weighted by Crippen LogP contribution is -2.05. The van der Waals surface area contributed by atoms with Gasteiger partial charge in [0, 0.05) is 17.8 Å². The minimum atomic E-state index is -0.365. The molecule has 2 rings (SSSR count). The van der Waals surface area contributed by atoms with E-state index >= 15 is 0 Å². The summed E-state index contributed by atoms with van der Waals surface area (Å²) in [6, 6.07) is 8.75. The molecule has 0 aliphatic heterocycles. The maximum Gasteiger partial charge on any atom is 0.338 e. The van der Waals surface area contributed by atoms with Crippen molar-refractivity contribution in [1.29, 1.82) is 0 Å². The molecule has 21 heavy (non-hydrogen) atoms. The summed E-state index contributed by atoms with van der Waals surface area (Å²) in [6.07, 6.45) is 1.58. The number of ether oxygens (including phenoxy) is 3. The number of aromatic nitrogens is 1. The van der Waals surface area contributed by atoms with Gasteiger partial charge in [0.1, 0.15) is 11.5 Å².